The van der Waals surface area contributed by atoms with Gasteiger partial charge in [-0.1, -0.05) is 30.3 Å². The molecule has 1 amide bonds. The highest BCUT2D eigenvalue weighted by atomic mass is 16.4. The Morgan fingerprint density at radius 3 is 2.74 bits per heavy atom. The molecule has 0 bridgehead atoms. The average Bonchev–Trinajstić information content (AvgIpc) is 3.06. The number of β-amino-alcohol motifs (C(OH)–C–C–N with tert-alkyl or cyclic N) is 1. The molecule has 2 aromatic carbocycles. The van der Waals surface area contributed by atoms with E-state index in [2.05, 4.69) is 16.7 Å². The number of carbonyl (C=O) groups is 1. The van der Waals surface area contributed by atoms with Crippen molar-refractivity contribution >= 4 is 17.0 Å². The number of hydrogen-bond donors (Lipinski definition) is 3. The molecular weight excluding hydrogens is 396 g/mol. The fraction of sp³-hybridized carbons (Fsp3) is 0.348. The van der Waals surface area contributed by atoms with Crippen LogP contribution in [-0.2, 0) is 18.3 Å². The molecule has 0 spiro atoms. The largest absolute Gasteiger partial charge is 0.419 e. The number of aromatic nitrogens is 1. The number of nitriles is 1. The van der Waals surface area contributed by atoms with Crippen LogP contribution in [0.2, 0.25) is 0 Å². The zero-order chi connectivity index (χ0) is 22.0. The van der Waals surface area contributed by atoms with E-state index in [4.69, 9.17) is 4.42 Å². The van der Waals surface area contributed by atoms with Crippen LogP contribution >= 0.6 is 0 Å². The molecule has 3 aromatic rings. The van der Waals surface area contributed by atoms with Gasteiger partial charge in [0.1, 0.15) is 6.04 Å². The SMILES string of the molecule is Cn1c(=O)oc2ccc(-c3ccc(C[C@@H](C#N)NC(=O)[C@H]4CNC[C@H](O)C4)cc3)cc21. The summed E-state index contributed by atoms with van der Waals surface area (Å²) in [6, 6.07) is 14.8. The van der Waals surface area contributed by atoms with Crippen molar-refractivity contribution in [3.05, 3.63) is 58.6 Å². The lowest BCUT2D eigenvalue weighted by atomic mass is 9.96. The van der Waals surface area contributed by atoms with Gasteiger partial charge >= 0.3 is 5.76 Å². The predicted octanol–water partition coefficient (Wildman–Crippen LogP) is 1.32. The van der Waals surface area contributed by atoms with Crippen molar-refractivity contribution in [1.82, 2.24) is 15.2 Å². The minimum Gasteiger partial charge on any atom is -0.408 e. The number of amides is 1. The van der Waals surface area contributed by atoms with Crippen LogP contribution in [-0.4, -0.2) is 40.8 Å². The quantitative estimate of drug-likeness (QED) is 0.573. The smallest absolute Gasteiger partial charge is 0.408 e. The van der Waals surface area contributed by atoms with E-state index < -0.39 is 17.9 Å². The normalized spacial score (nSPS) is 19.6. The molecule has 0 aliphatic carbocycles. The van der Waals surface area contributed by atoms with Crippen molar-refractivity contribution < 1.29 is 14.3 Å². The standard InChI is InChI=1S/C23H24N4O4/c1-27-20-10-16(6-7-21(20)31-23(27)30)15-4-2-14(3-5-15)8-18(11-24)26-22(29)17-9-19(28)13-25-12-17/h2-7,10,17-19,25,28H,8-9,12-13H2,1H3,(H,26,29)/t17-,18+,19-/m1/s1. The van der Waals surface area contributed by atoms with Gasteiger partial charge in [0.05, 0.1) is 23.6 Å². The first-order valence-corrected chi connectivity index (χ1v) is 10.2. The number of oxazole rings is 1. The van der Waals surface area contributed by atoms with Gasteiger partial charge in [0.15, 0.2) is 5.58 Å². The molecule has 31 heavy (non-hydrogen) atoms. The van der Waals surface area contributed by atoms with E-state index in [0.29, 0.717) is 31.5 Å². The maximum atomic E-state index is 12.4. The number of nitrogens with one attached hydrogen (secondary N) is 2. The number of piperidine rings is 1. The van der Waals surface area contributed by atoms with Gasteiger partial charge < -0.3 is 20.2 Å². The second-order valence-electron chi connectivity index (χ2n) is 7.95. The van der Waals surface area contributed by atoms with Crippen LogP contribution in [0, 0.1) is 17.2 Å². The van der Waals surface area contributed by atoms with Crippen molar-refractivity contribution in [3.8, 4) is 17.2 Å². The summed E-state index contributed by atoms with van der Waals surface area (Å²) in [5, 5.41) is 25.0. The van der Waals surface area contributed by atoms with Crippen molar-refractivity contribution in [2.45, 2.75) is 25.0 Å². The van der Waals surface area contributed by atoms with Crippen LogP contribution in [0.1, 0.15) is 12.0 Å². The predicted molar refractivity (Wildman–Crippen MR) is 115 cm³/mol. The van der Waals surface area contributed by atoms with Crippen molar-refractivity contribution in [2.75, 3.05) is 13.1 Å². The number of aryl methyl sites for hydroxylation is 1. The highest BCUT2D eigenvalue weighted by Gasteiger charge is 2.27. The van der Waals surface area contributed by atoms with Gasteiger partial charge in [-0.15, -0.1) is 0 Å². The zero-order valence-corrected chi connectivity index (χ0v) is 17.2. The molecule has 1 aliphatic heterocycles. The van der Waals surface area contributed by atoms with Gasteiger partial charge in [0, 0.05) is 26.6 Å². The van der Waals surface area contributed by atoms with Crippen LogP contribution in [0.5, 0.6) is 0 Å². The molecule has 3 atom stereocenters. The summed E-state index contributed by atoms with van der Waals surface area (Å²) in [6.45, 7) is 0.990. The second kappa shape index (κ2) is 8.76. The molecule has 2 heterocycles. The Bertz CT molecular complexity index is 1190. The van der Waals surface area contributed by atoms with Crippen molar-refractivity contribution in [1.29, 1.82) is 5.26 Å². The summed E-state index contributed by atoms with van der Waals surface area (Å²) in [6.07, 6.45) is 0.250. The first-order valence-electron chi connectivity index (χ1n) is 10.2. The Labute approximate surface area is 179 Å². The number of nitrogens with zero attached hydrogens (tertiary/aromatic N) is 2. The van der Waals surface area contributed by atoms with E-state index in [9.17, 15) is 20.0 Å². The first kappa shape index (κ1) is 20.8. The summed E-state index contributed by atoms with van der Waals surface area (Å²) in [7, 11) is 1.67. The molecule has 1 aromatic heterocycles. The molecule has 1 saturated heterocycles. The Kier molecular flexibility index (Phi) is 5.89. The Balaban J connectivity index is 1.44. The minimum atomic E-state index is -0.644. The van der Waals surface area contributed by atoms with E-state index in [-0.39, 0.29) is 11.8 Å². The topological polar surface area (TPSA) is 120 Å². The van der Waals surface area contributed by atoms with Gasteiger partial charge in [0.2, 0.25) is 5.91 Å². The third-order valence-corrected chi connectivity index (χ3v) is 5.69. The molecule has 0 radical (unpaired) electrons. The fourth-order valence-corrected chi connectivity index (χ4v) is 3.91. The van der Waals surface area contributed by atoms with Crippen molar-refractivity contribution in [2.24, 2.45) is 13.0 Å². The minimum absolute atomic E-state index is 0.214. The summed E-state index contributed by atoms with van der Waals surface area (Å²) in [4.78, 5) is 24.1. The lowest BCUT2D eigenvalue weighted by Crippen LogP contribution is -2.48. The number of hydrogen-bond acceptors (Lipinski definition) is 6. The van der Waals surface area contributed by atoms with E-state index in [1.807, 2.05) is 36.4 Å². The number of aliphatic hydroxyl groups excluding tert-OH is 1. The highest BCUT2D eigenvalue weighted by molar-refractivity contribution is 5.81. The zero-order valence-electron chi connectivity index (χ0n) is 17.2. The molecule has 8 nitrogen and oxygen atoms in total. The Morgan fingerprint density at radius 1 is 1.29 bits per heavy atom. The van der Waals surface area contributed by atoms with E-state index >= 15 is 0 Å². The van der Waals surface area contributed by atoms with E-state index in [1.165, 1.54) is 4.57 Å². The molecule has 4 rings (SSSR count). The van der Waals surface area contributed by atoms with Crippen LogP contribution in [0.25, 0.3) is 22.2 Å². The number of aliphatic hydroxyl groups is 1. The van der Waals surface area contributed by atoms with Crippen LogP contribution in [0.4, 0.5) is 0 Å². The van der Waals surface area contributed by atoms with Crippen LogP contribution < -0.4 is 16.4 Å². The molecule has 1 fully saturated rings. The Morgan fingerprint density at radius 2 is 2.03 bits per heavy atom. The molecule has 0 saturated carbocycles. The summed E-state index contributed by atoms with van der Waals surface area (Å²) in [5.41, 5.74) is 4.11. The number of rotatable bonds is 5. The number of benzene rings is 2. The number of fused-ring (bicyclic) bond motifs is 1. The third-order valence-electron chi connectivity index (χ3n) is 5.69. The molecule has 0 unspecified atom stereocenters. The lowest BCUT2D eigenvalue weighted by Gasteiger charge is -2.26. The molecular formula is C23H24N4O4. The van der Waals surface area contributed by atoms with E-state index in [1.54, 1.807) is 13.1 Å². The maximum Gasteiger partial charge on any atom is 0.419 e. The highest BCUT2D eigenvalue weighted by Crippen LogP contribution is 2.24. The van der Waals surface area contributed by atoms with Gasteiger partial charge in [-0.05, 0) is 35.2 Å². The van der Waals surface area contributed by atoms with Gasteiger partial charge in [0.25, 0.3) is 0 Å². The van der Waals surface area contributed by atoms with Gasteiger partial charge in [-0.3, -0.25) is 9.36 Å². The van der Waals surface area contributed by atoms with Crippen LogP contribution in [0.15, 0.2) is 51.7 Å². The van der Waals surface area contributed by atoms with Crippen molar-refractivity contribution in [3.63, 3.8) is 0 Å². The molecule has 160 valence electrons. The summed E-state index contributed by atoms with van der Waals surface area (Å²) >= 11 is 0. The molecule has 1 aliphatic rings. The Hall–Kier alpha value is -3.41. The lowest BCUT2D eigenvalue weighted by molar-refractivity contribution is -0.127. The third kappa shape index (κ3) is 4.53. The van der Waals surface area contributed by atoms with Gasteiger partial charge in [-0.2, -0.15) is 5.26 Å². The summed E-state index contributed by atoms with van der Waals surface area (Å²) < 4.78 is 6.64. The van der Waals surface area contributed by atoms with Crippen LogP contribution in [0.3, 0.4) is 0 Å². The first-order chi connectivity index (χ1) is 14.9. The average molecular weight is 420 g/mol. The van der Waals surface area contributed by atoms with E-state index in [0.717, 1.165) is 22.2 Å². The monoisotopic (exact) mass is 420 g/mol. The maximum absolute atomic E-state index is 12.4. The van der Waals surface area contributed by atoms with Gasteiger partial charge in [-0.25, -0.2) is 4.79 Å². The summed E-state index contributed by atoms with van der Waals surface area (Å²) in [5.74, 6) is -0.949. The fourth-order valence-electron chi connectivity index (χ4n) is 3.91. The molecule has 3 N–H and O–H groups in total. The number of carbonyl (C=O) groups excluding carboxylic acids is 1. The molecule has 8 heteroatoms. The second-order valence-corrected chi connectivity index (χ2v) is 7.95.